The van der Waals surface area contributed by atoms with Crippen molar-refractivity contribution in [1.82, 2.24) is 4.90 Å². The molecule has 1 aliphatic rings. The Morgan fingerprint density at radius 1 is 1.26 bits per heavy atom. The highest BCUT2D eigenvalue weighted by molar-refractivity contribution is 7.91. The Labute approximate surface area is 112 Å². The fraction of sp³-hybridized carbons (Fsp3) is 0.538. The second kappa shape index (κ2) is 5.98. The van der Waals surface area contributed by atoms with Crippen molar-refractivity contribution in [2.75, 3.05) is 31.2 Å². The highest BCUT2D eigenvalue weighted by Gasteiger charge is 2.28. The fourth-order valence-corrected chi connectivity index (χ4v) is 3.67. The number of aliphatic hydroxyl groups is 1. The van der Waals surface area contributed by atoms with Gasteiger partial charge in [-0.15, -0.1) is 0 Å². The summed E-state index contributed by atoms with van der Waals surface area (Å²) >= 11 is 0. The molecule has 1 heterocycles. The van der Waals surface area contributed by atoms with Gasteiger partial charge >= 0.3 is 0 Å². The topological polar surface area (TPSA) is 57.6 Å². The molecule has 19 heavy (non-hydrogen) atoms. The van der Waals surface area contributed by atoms with Gasteiger partial charge in [0, 0.05) is 31.3 Å². The van der Waals surface area contributed by atoms with Gasteiger partial charge in [-0.3, -0.25) is 4.90 Å². The van der Waals surface area contributed by atoms with Crippen molar-refractivity contribution >= 4 is 9.84 Å². The van der Waals surface area contributed by atoms with Crippen molar-refractivity contribution in [3.8, 4) is 0 Å². The van der Waals surface area contributed by atoms with Crippen LogP contribution in [0.3, 0.4) is 0 Å². The number of hydrogen-bond donors (Lipinski definition) is 1. The van der Waals surface area contributed by atoms with E-state index in [-0.39, 0.29) is 30.0 Å². The van der Waals surface area contributed by atoms with E-state index in [0.717, 1.165) is 0 Å². The molecule has 1 aromatic rings. The summed E-state index contributed by atoms with van der Waals surface area (Å²) in [7, 11) is -2.95. The third-order valence-corrected chi connectivity index (χ3v) is 5.10. The lowest BCUT2D eigenvalue weighted by molar-refractivity contribution is 0.164. The van der Waals surface area contributed by atoms with Gasteiger partial charge in [-0.2, -0.15) is 0 Å². The summed E-state index contributed by atoms with van der Waals surface area (Å²) in [5.74, 6) is -0.110. The second-order valence-corrected chi connectivity index (χ2v) is 7.04. The Bertz CT molecular complexity index is 518. The molecule has 6 heteroatoms. The van der Waals surface area contributed by atoms with Crippen LogP contribution in [0.25, 0.3) is 0 Å². The lowest BCUT2D eigenvalue weighted by Crippen LogP contribution is -2.42. The lowest BCUT2D eigenvalue weighted by atomic mass is 10.0. The van der Waals surface area contributed by atoms with E-state index in [0.29, 0.717) is 25.1 Å². The molecule has 4 nitrogen and oxygen atoms in total. The molecule has 0 aliphatic carbocycles. The van der Waals surface area contributed by atoms with Crippen molar-refractivity contribution in [2.24, 2.45) is 0 Å². The minimum atomic E-state index is -2.95. The van der Waals surface area contributed by atoms with Crippen LogP contribution < -0.4 is 0 Å². The van der Waals surface area contributed by atoms with Gasteiger partial charge in [0.15, 0.2) is 9.84 Å². The summed E-state index contributed by atoms with van der Waals surface area (Å²) < 4.78 is 36.7. The number of halogens is 1. The summed E-state index contributed by atoms with van der Waals surface area (Å²) in [6.45, 7) is 0.727. The quantitative estimate of drug-likeness (QED) is 0.897. The standard InChI is InChI=1S/C13H18FNO3S/c14-12-4-2-1-3-11(12)13(5-8-16)15-6-9-19(17,18)10-7-15/h1-4,13,16H,5-10H2. The van der Waals surface area contributed by atoms with E-state index in [1.54, 1.807) is 18.2 Å². The van der Waals surface area contributed by atoms with E-state index in [1.807, 2.05) is 4.90 Å². The second-order valence-electron chi connectivity index (χ2n) is 4.74. The van der Waals surface area contributed by atoms with E-state index in [9.17, 15) is 12.8 Å². The minimum Gasteiger partial charge on any atom is -0.396 e. The van der Waals surface area contributed by atoms with E-state index >= 15 is 0 Å². The molecular weight excluding hydrogens is 269 g/mol. The Morgan fingerprint density at radius 3 is 2.47 bits per heavy atom. The van der Waals surface area contributed by atoms with Gasteiger partial charge in [-0.1, -0.05) is 18.2 Å². The molecule has 1 fully saturated rings. The first-order chi connectivity index (χ1) is 9.03. The first-order valence-corrected chi connectivity index (χ1v) is 8.15. The van der Waals surface area contributed by atoms with Crippen molar-refractivity contribution in [3.63, 3.8) is 0 Å². The van der Waals surface area contributed by atoms with Gasteiger partial charge in [-0.25, -0.2) is 12.8 Å². The molecule has 0 aromatic heterocycles. The monoisotopic (exact) mass is 287 g/mol. The van der Waals surface area contributed by atoms with E-state index in [2.05, 4.69) is 0 Å². The molecule has 0 amide bonds. The molecule has 0 spiro atoms. The maximum Gasteiger partial charge on any atom is 0.152 e. The normalized spacial score (nSPS) is 21.2. The highest BCUT2D eigenvalue weighted by atomic mass is 32.2. The molecule has 0 bridgehead atoms. The zero-order valence-electron chi connectivity index (χ0n) is 10.6. The van der Waals surface area contributed by atoms with Crippen LogP contribution >= 0.6 is 0 Å². The van der Waals surface area contributed by atoms with Gasteiger partial charge in [-0.05, 0) is 12.5 Å². The SMILES string of the molecule is O=S1(=O)CCN(C(CCO)c2ccccc2F)CC1. The molecule has 1 aromatic carbocycles. The number of aliphatic hydroxyl groups excluding tert-OH is 1. The van der Waals surface area contributed by atoms with Gasteiger partial charge in [0.25, 0.3) is 0 Å². The average Bonchev–Trinajstić information content (AvgIpc) is 2.38. The number of benzene rings is 1. The molecular formula is C13H18FNO3S. The van der Waals surface area contributed by atoms with Crippen LogP contribution in [0.15, 0.2) is 24.3 Å². The van der Waals surface area contributed by atoms with Gasteiger partial charge in [0.1, 0.15) is 5.82 Å². The molecule has 1 N–H and O–H groups in total. The largest absolute Gasteiger partial charge is 0.396 e. The number of hydrogen-bond acceptors (Lipinski definition) is 4. The van der Waals surface area contributed by atoms with Crippen LogP contribution in [-0.2, 0) is 9.84 Å². The summed E-state index contributed by atoms with van der Waals surface area (Å²) in [6.07, 6.45) is 0.404. The van der Waals surface area contributed by atoms with Gasteiger partial charge in [0.2, 0.25) is 0 Å². The Hall–Kier alpha value is -0.980. The van der Waals surface area contributed by atoms with Crippen molar-refractivity contribution in [2.45, 2.75) is 12.5 Å². The number of rotatable bonds is 4. The maximum absolute atomic E-state index is 13.8. The zero-order valence-corrected chi connectivity index (χ0v) is 11.4. The molecule has 106 valence electrons. The first-order valence-electron chi connectivity index (χ1n) is 6.33. The minimum absolute atomic E-state index is 0.0533. The Morgan fingerprint density at radius 2 is 1.89 bits per heavy atom. The third-order valence-electron chi connectivity index (χ3n) is 3.49. The van der Waals surface area contributed by atoms with Crippen LogP contribution in [0.5, 0.6) is 0 Å². The van der Waals surface area contributed by atoms with Crippen molar-refractivity contribution in [1.29, 1.82) is 0 Å². The summed E-state index contributed by atoms with van der Waals surface area (Å²) in [5, 5.41) is 9.15. The molecule has 1 saturated heterocycles. The highest BCUT2D eigenvalue weighted by Crippen LogP contribution is 2.27. The van der Waals surface area contributed by atoms with Crippen molar-refractivity contribution in [3.05, 3.63) is 35.6 Å². The average molecular weight is 287 g/mol. The lowest BCUT2D eigenvalue weighted by Gasteiger charge is -2.34. The fourth-order valence-electron chi connectivity index (χ4n) is 2.44. The predicted octanol–water partition coefficient (Wildman–Crippen LogP) is 0.980. The smallest absolute Gasteiger partial charge is 0.152 e. The number of sulfone groups is 1. The van der Waals surface area contributed by atoms with Gasteiger partial charge < -0.3 is 5.11 Å². The van der Waals surface area contributed by atoms with Crippen molar-refractivity contribution < 1.29 is 17.9 Å². The third kappa shape index (κ3) is 3.52. The summed E-state index contributed by atoms with van der Waals surface area (Å²) in [6, 6.07) is 6.19. The van der Waals surface area contributed by atoms with E-state index < -0.39 is 9.84 Å². The van der Waals surface area contributed by atoms with E-state index in [4.69, 9.17) is 5.11 Å². The van der Waals surface area contributed by atoms with Crippen LogP contribution in [0.1, 0.15) is 18.0 Å². The molecule has 0 saturated carbocycles. The van der Waals surface area contributed by atoms with Crippen LogP contribution in [0.4, 0.5) is 4.39 Å². The zero-order chi connectivity index (χ0) is 13.9. The molecule has 1 aliphatic heterocycles. The predicted molar refractivity (Wildman–Crippen MR) is 71.1 cm³/mol. The summed E-state index contributed by atoms with van der Waals surface area (Å²) in [5.41, 5.74) is 0.524. The molecule has 0 radical (unpaired) electrons. The number of nitrogens with zero attached hydrogens (tertiary/aromatic N) is 1. The Kier molecular flexibility index (Phi) is 4.54. The molecule has 1 atom stereocenters. The van der Waals surface area contributed by atoms with Crippen LogP contribution in [0.2, 0.25) is 0 Å². The molecule has 1 unspecified atom stereocenters. The first kappa shape index (κ1) is 14.4. The van der Waals surface area contributed by atoms with Gasteiger partial charge in [0.05, 0.1) is 11.5 Å². The maximum atomic E-state index is 13.8. The van der Waals surface area contributed by atoms with Crippen LogP contribution in [0, 0.1) is 5.82 Å². The Balaban J connectivity index is 2.19. The molecule has 2 rings (SSSR count). The van der Waals surface area contributed by atoms with E-state index in [1.165, 1.54) is 6.07 Å². The van der Waals surface area contributed by atoms with Crippen LogP contribution in [-0.4, -0.2) is 49.6 Å². The summed E-state index contributed by atoms with van der Waals surface area (Å²) in [4.78, 5) is 1.94.